The molecule has 9 aromatic carbocycles. The van der Waals surface area contributed by atoms with E-state index in [0.29, 0.717) is 0 Å². The monoisotopic (exact) mass is 692 g/mol. The van der Waals surface area contributed by atoms with Crippen LogP contribution in [0, 0.1) is 0 Å². The molecule has 0 aliphatic heterocycles. The quantitative estimate of drug-likeness (QED) is 0.171. The SMILES string of the molecule is c1ccc(N(c2ccccc2)c2ccc3cc4c(cc3c2)-c2cc3cc(N(c5ccccc5)c5cccc6sc7ccccc7c56)ccc3cc2-4)cc1. The first kappa shape index (κ1) is 30.0. The summed E-state index contributed by atoms with van der Waals surface area (Å²) in [6.45, 7) is 0. The molecule has 53 heavy (non-hydrogen) atoms. The second kappa shape index (κ2) is 11.9. The summed E-state index contributed by atoms with van der Waals surface area (Å²) in [5, 5.41) is 7.58. The Morgan fingerprint density at radius 1 is 0.302 bits per heavy atom. The molecule has 0 saturated heterocycles. The third kappa shape index (κ3) is 4.86. The number of benzene rings is 9. The first-order valence-corrected chi connectivity index (χ1v) is 18.9. The van der Waals surface area contributed by atoms with Crippen molar-refractivity contribution >= 4 is 87.2 Å². The summed E-state index contributed by atoms with van der Waals surface area (Å²) in [6.07, 6.45) is 0. The van der Waals surface area contributed by atoms with Crippen molar-refractivity contribution in [3.05, 3.63) is 194 Å². The fourth-order valence-electron chi connectivity index (χ4n) is 8.23. The van der Waals surface area contributed by atoms with E-state index in [2.05, 4.69) is 204 Å². The van der Waals surface area contributed by atoms with Gasteiger partial charge in [0, 0.05) is 48.6 Å². The molecule has 0 fully saturated rings. The van der Waals surface area contributed by atoms with Crippen molar-refractivity contribution in [1.29, 1.82) is 0 Å². The topological polar surface area (TPSA) is 6.48 Å². The molecule has 0 N–H and O–H groups in total. The van der Waals surface area contributed by atoms with E-state index < -0.39 is 0 Å². The molecule has 1 aliphatic carbocycles. The van der Waals surface area contributed by atoms with E-state index in [0.717, 1.165) is 28.4 Å². The molecule has 2 nitrogen and oxygen atoms in total. The van der Waals surface area contributed by atoms with Gasteiger partial charge in [-0.05, 0) is 147 Å². The summed E-state index contributed by atoms with van der Waals surface area (Å²) in [5.74, 6) is 0. The molecule has 3 heteroatoms. The van der Waals surface area contributed by atoms with Crippen LogP contribution in [0.25, 0.3) is 64.0 Å². The Morgan fingerprint density at radius 3 is 1.32 bits per heavy atom. The van der Waals surface area contributed by atoms with E-state index >= 15 is 0 Å². The summed E-state index contributed by atoms with van der Waals surface area (Å²) >= 11 is 1.86. The number of rotatable bonds is 6. The van der Waals surface area contributed by atoms with E-state index in [1.54, 1.807) is 0 Å². The Hall–Kier alpha value is -6.68. The lowest BCUT2D eigenvalue weighted by atomic mass is 9.78. The van der Waals surface area contributed by atoms with E-state index in [1.807, 2.05) is 11.3 Å². The number of hydrogen-bond donors (Lipinski definition) is 0. The molecule has 1 heterocycles. The largest absolute Gasteiger partial charge is 0.310 e. The van der Waals surface area contributed by atoms with Crippen LogP contribution in [0.3, 0.4) is 0 Å². The maximum absolute atomic E-state index is 2.43. The minimum absolute atomic E-state index is 1.14. The fourth-order valence-corrected chi connectivity index (χ4v) is 9.35. The maximum atomic E-state index is 2.43. The first-order chi connectivity index (χ1) is 26.3. The molecule has 1 aliphatic rings. The molecule has 10 aromatic rings. The minimum Gasteiger partial charge on any atom is -0.310 e. The predicted octanol–water partition coefficient (Wildman–Crippen LogP) is 14.9. The zero-order chi connectivity index (χ0) is 34.9. The van der Waals surface area contributed by atoms with E-state index in [9.17, 15) is 0 Å². The second-order valence-corrected chi connectivity index (χ2v) is 14.9. The maximum Gasteiger partial charge on any atom is 0.0554 e. The zero-order valence-electron chi connectivity index (χ0n) is 28.8. The minimum atomic E-state index is 1.14. The highest BCUT2D eigenvalue weighted by Gasteiger charge is 2.25. The summed E-state index contributed by atoms with van der Waals surface area (Å²) in [5.41, 5.74) is 12.2. The number of nitrogens with zero attached hydrogens (tertiary/aromatic N) is 2. The van der Waals surface area contributed by atoms with Crippen LogP contribution in [-0.2, 0) is 0 Å². The van der Waals surface area contributed by atoms with Crippen molar-refractivity contribution in [1.82, 2.24) is 0 Å². The van der Waals surface area contributed by atoms with Gasteiger partial charge in [0.2, 0.25) is 0 Å². The van der Waals surface area contributed by atoms with Crippen molar-refractivity contribution < 1.29 is 0 Å². The van der Waals surface area contributed by atoms with Gasteiger partial charge >= 0.3 is 0 Å². The zero-order valence-corrected chi connectivity index (χ0v) is 29.6. The fraction of sp³-hybridized carbons (Fsp3) is 0. The molecule has 0 unspecified atom stereocenters. The van der Waals surface area contributed by atoms with Crippen LogP contribution >= 0.6 is 11.3 Å². The molecular weight excluding hydrogens is 661 g/mol. The van der Waals surface area contributed by atoms with Crippen LogP contribution in [0.4, 0.5) is 34.1 Å². The molecule has 1 aromatic heterocycles. The third-order valence-electron chi connectivity index (χ3n) is 10.7. The molecule has 0 bridgehead atoms. The summed E-state index contributed by atoms with van der Waals surface area (Å²) in [7, 11) is 0. The van der Waals surface area contributed by atoms with Gasteiger partial charge < -0.3 is 9.80 Å². The molecule has 11 rings (SSSR count). The Balaban J connectivity index is 1.03. The number of fused-ring (bicyclic) bond motifs is 9. The first-order valence-electron chi connectivity index (χ1n) is 18.1. The summed E-state index contributed by atoms with van der Waals surface area (Å²) < 4.78 is 2.61. The second-order valence-electron chi connectivity index (χ2n) is 13.8. The molecule has 0 spiro atoms. The van der Waals surface area contributed by atoms with Crippen LogP contribution in [-0.4, -0.2) is 0 Å². The van der Waals surface area contributed by atoms with Crippen LogP contribution in [0.15, 0.2) is 194 Å². The normalized spacial score (nSPS) is 11.8. The summed E-state index contributed by atoms with van der Waals surface area (Å²) in [4.78, 5) is 4.76. The van der Waals surface area contributed by atoms with Crippen molar-refractivity contribution in [2.24, 2.45) is 0 Å². The van der Waals surface area contributed by atoms with Crippen LogP contribution in [0.2, 0.25) is 0 Å². The van der Waals surface area contributed by atoms with E-state index in [-0.39, 0.29) is 0 Å². The van der Waals surface area contributed by atoms with E-state index in [4.69, 9.17) is 0 Å². The van der Waals surface area contributed by atoms with Gasteiger partial charge in [0.25, 0.3) is 0 Å². The van der Waals surface area contributed by atoms with Crippen molar-refractivity contribution in [3.63, 3.8) is 0 Å². The smallest absolute Gasteiger partial charge is 0.0554 e. The van der Waals surface area contributed by atoms with Crippen LogP contribution in [0.1, 0.15) is 0 Å². The van der Waals surface area contributed by atoms with E-state index in [1.165, 1.54) is 69.7 Å². The Kier molecular flexibility index (Phi) is 6.76. The van der Waals surface area contributed by atoms with Gasteiger partial charge in [0.1, 0.15) is 0 Å². The van der Waals surface area contributed by atoms with Crippen LogP contribution < -0.4 is 9.80 Å². The van der Waals surface area contributed by atoms with Gasteiger partial charge in [0.15, 0.2) is 0 Å². The number of thiophene rings is 1. The van der Waals surface area contributed by atoms with Gasteiger partial charge in [-0.15, -0.1) is 11.3 Å². The lowest BCUT2D eigenvalue weighted by molar-refractivity contribution is 1.29. The van der Waals surface area contributed by atoms with Gasteiger partial charge in [-0.25, -0.2) is 0 Å². The number of hydrogen-bond acceptors (Lipinski definition) is 3. The molecule has 0 amide bonds. The van der Waals surface area contributed by atoms with Crippen LogP contribution in [0.5, 0.6) is 0 Å². The lowest BCUT2D eigenvalue weighted by Crippen LogP contribution is -2.10. The van der Waals surface area contributed by atoms with Crippen molar-refractivity contribution in [2.75, 3.05) is 9.80 Å². The lowest BCUT2D eigenvalue weighted by Gasteiger charge is -2.29. The van der Waals surface area contributed by atoms with Gasteiger partial charge in [0.05, 0.1) is 5.69 Å². The van der Waals surface area contributed by atoms with Gasteiger partial charge in [-0.1, -0.05) is 91.0 Å². The molecule has 0 saturated carbocycles. The highest BCUT2D eigenvalue weighted by Crippen LogP contribution is 2.52. The average Bonchev–Trinajstić information content (AvgIpc) is 3.61. The molecular formula is C50H32N2S. The molecule has 0 radical (unpaired) electrons. The van der Waals surface area contributed by atoms with Gasteiger partial charge in [-0.3, -0.25) is 0 Å². The average molecular weight is 693 g/mol. The Labute approximate surface area is 312 Å². The van der Waals surface area contributed by atoms with Crippen molar-refractivity contribution in [3.8, 4) is 22.3 Å². The molecule has 0 atom stereocenters. The molecule has 248 valence electrons. The number of anilines is 6. The highest BCUT2D eigenvalue weighted by molar-refractivity contribution is 7.26. The Morgan fingerprint density at radius 2 is 0.755 bits per heavy atom. The Bertz CT molecular complexity index is 2960. The van der Waals surface area contributed by atoms with Gasteiger partial charge in [-0.2, -0.15) is 0 Å². The third-order valence-corrected chi connectivity index (χ3v) is 11.8. The number of para-hydroxylation sites is 3. The standard InChI is InChI=1S/C50H32N2S/c1-4-13-37(14-5-1)51(38-15-6-2-7-16-38)40-25-23-33-29-43-44-30-34-24-26-41(28-36(34)32-46(44)45(43)31-35(33)27-40)52(39-17-8-3-9-18-39)47-20-12-22-49-50(47)42-19-10-11-21-48(42)53-49/h1-32H. The van der Waals surface area contributed by atoms with Crippen molar-refractivity contribution in [2.45, 2.75) is 0 Å². The predicted molar refractivity (Wildman–Crippen MR) is 228 cm³/mol. The summed E-state index contributed by atoms with van der Waals surface area (Å²) in [6, 6.07) is 70.8. The highest BCUT2D eigenvalue weighted by atomic mass is 32.1.